The molecule has 0 spiro atoms. The second kappa shape index (κ2) is 8.19. The molecular weight excluding hydrogens is 398 g/mol. The fourth-order valence-corrected chi connectivity index (χ4v) is 4.75. The highest BCUT2D eigenvalue weighted by Gasteiger charge is 2.33. The maximum Gasteiger partial charge on any atom is 0.273 e. The van der Waals surface area contributed by atoms with E-state index in [-0.39, 0.29) is 11.9 Å². The smallest absolute Gasteiger partial charge is 0.273 e. The minimum absolute atomic E-state index is 0.0183. The minimum Gasteiger partial charge on any atom is -0.329 e. The van der Waals surface area contributed by atoms with E-state index in [1.54, 1.807) is 10.7 Å². The van der Waals surface area contributed by atoms with Gasteiger partial charge in [0.25, 0.3) is 5.91 Å². The van der Waals surface area contributed by atoms with Crippen molar-refractivity contribution in [2.75, 3.05) is 6.54 Å². The van der Waals surface area contributed by atoms with Crippen molar-refractivity contribution in [3.8, 4) is 0 Å². The van der Waals surface area contributed by atoms with Gasteiger partial charge < -0.3 is 4.90 Å². The fourth-order valence-electron chi connectivity index (χ4n) is 4.75. The molecule has 1 fully saturated rings. The molecule has 0 bridgehead atoms. The van der Waals surface area contributed by atoms with Crippen LogP contribution in [0.15, 0.2) is 54.7 Å². The predicted molar refractivity (Wildman–Crippen MR) is 124 cm³/mol. The standard InChI is InChI=1S/C26H27N5O/c1-17-6-4-7-20(12-17)15-21-13-18(2)28-22(16-21)23-8-5-11-30(23)26(32)24-14-19(3)29-25-9-10-27-31(24)25/h4,6-7,9-10,12-14,16,23H,5,8,11,15H2,1-3H3/t23-/m0/s1. The molecule has 4 heterocycles. The van der Waals surface area contributed by atoms with Crippen molar-refractivity contribution in [3.05, 3.63) is 94.2 Å². The number of carbonyl (C=O) groups is 1. The lowest BCUT2D eigenvalue weighted by atomic mass is 10.0. The van der Waals surface area contributed by atoms with E-state index in [9.17, 15) is 4.79 Å². The predicted octanol–water partition coefficient (Wildman–Crippen LogP) is 4.62. The van der Waals surface area contributed by atoms with Crippen LogP contribution in [0.1, 0.15) is 63.1 Å². The first kappa shape index (κ1) is 20.4. The molecule has 6 heteroatoms. The number of carbonyl (C=O) groups excluding carboxylic acids is 1. The van der Waals surface area contributed by atoms with Gasteiger partial charge in [0, 0.05) is 24.0 Å². The number of aryl methyl sites for hydroxylation is 3. The highest BCUT2D eigenvalue weighted by Crippen LogP contribution is 2.33. The molecule has 0 unspecified atom stereocenters. The molecule has 3 aromatic heterocycles. The summed E-state index contributed by atoms with van der Waals surface area (Å²) in [5.74, 6) is -0.0183. The Balaban J connectivity index is 1.47. The molecule has 0 N–H and O–H groups in total. The Kier molecular flexibility index (Phi) is 5.21. The summed E-state index contributed by atoms with van der Waals surface area (Å²) in [6.45, 7) is 6.78. The number of likely N-dealkylation sites (tertiary alicyclic amines) is 1. The molecule has 162 valence electrons. The Morgan fingerprint density at radius 3 is 2.69 bits per heavy atom. The third-order valence-electron chi connectivity index (χ3n) is 6.09. The number of fused-ring (bicyclic) bond motifs is 1. The summed E-state index contributed by atoms with van der Waals surface area (Å²) < 4.78 is 1.64. The van der Waals surface area contributed by atoms with Crippen LogP contribution in [0.2, 0.25) is 0 Å². The Hall–Kier alpha value is -3.54. The molecule has 0 radical (unpaired) electrons. The Bertz CT molecular complexity index is 1310. The Morgan fingerprint density at radius 2 is 1.84 bits per heavy atom. The number of hydrogen-bond donors (Lipinski definition) is 0. The van der Waals surface area contributed by atoms with E-state index in [0.29, 0.717) is 11.3 Å². The van der Waals surface area contributed by atoms with Gasteiger partial charge in [-0.25, -0.2) is 9.50 Å². The summed E-state index contributed by atoms with van der Waals surface area (Å²) >= 11 is 0. The first-order valence-corrected chi connectivity index (χ1v) is 11.1. The van der Waals surface area contributed by atoms with Crippen molar-refractivity contribution < 1.29 is 4.79 Å². The fraction of sp³-hybridized carbons (Fsp3) is 0.308. The van der Waals surface area contributed by atoms with E-state index in [1.807, 2.05) is 30.9 Å². The highest BCUT2D eigenvalue weighted by atomic mass is 16.2. The summed E-state index contributed by atoms with van der Waals surface area (Å²) in [5, 5.41) is 4.32. The normalized spacial score (nSPS) is 16.1. The third kappa shape index (κ3) is 3.88. The van der Waals surface area contributed by atoms with Gasteiger partial charge in [-0.2, -0.15) is 5.10 Å². The van der Waals surface area contributed by atoms with Gasteiger partial charge in [0.15, 0.2) is 5.65 Å². The van der Waals surface area contributed by atoms with Gasteiger partial charge in [-0.1, -0.05) is 29.8 Å². The second-order valence-electron chi connectivity index (χ2n) is 8.75. The summed E-state index contributed by atoms with van der Waals surface area (Å²) in [5.41, 5.74) is 7.79. The molecule has 1 saturated heterocycles. The molecule has 1 amide bonds. The van der Waals surface area contributed by atoms with Crippen LogP contribution in [-0.4, -0.2) is 36.9 Å². The van der Waals surface area contributed by atoms with E-state index < -0.39 is 0 Å². The van der Waals surface area contributed by atoms with E-state index >= 15 is 0 Å². The highest BCUT2D eigenvalue weighted by molar-refractivity contribution is 5.93. The largest absolute Gasteiger partial charge is 0.329 e. The lowest BCUT2D eigenvalue weighted by Gasteiger charge is -2.25. The van der Waals surface area contributed by atoms with Gasteiger partial charge in [-0.15, -0.1) is 0 Å². The third-order valence-corrected chi connectivity index (χ3v) is 6.09. The van der Waals surface area contributed by atoms with Crippen LogP contribution < -0.4 is 0 Å². The van der Waals surface area contributed by atoms with Crippen LogP contribution in [-0.2, 0) is 6.42 Å². The SMILES string of the molecule is Cc1cccc(Cc2cc(C)nc([C@@H]3CCCN3C(=O)c3cc(C)nc4ccnn34)c2)c1. The van der Waals surface area contributed by atoms with Crippen LogP contribution in [0.25, 0.3) is 5.65 Å². The van der Waals surface area contributed by atoms with Crippen molar-refractivity contribution >= 4 is 11.6 Å². The maximum absolute atomic E-state index is 13.6. The molecule has 1 aromatic carbocycles. The minimum atomic E-state index is -0.0299. The molecule has 5 rings (SSSR count). The van der Waals surface area contributed by atoms with E-state index in [0.717, 1.165) is 42.9 Å². The van der Waals surface area contributed by atoms with E-state index in [4.69, 9.17) is 4.98 Å². The van der Waals surface area contributed by atoms with Crippen molar-refractivity contribution in [3.63, 3.8) is 0 Å². The van der Waals surface area contributed by atoms with Crippen LogP contribution in [0.5, 0.6) is 0 Å². The van der Waals surface area contributed by atoms with Gasteiger partial charge in [0.05, 0.1) is 17.9 Å². The van der Waals surface area contributed by atoms with Crippen molar-refractivity contribution in [1.82, 2.24) is 24.5 Å². The molecular formula is C26H27N5O. The monoisotopic (exact) mass is 425 g/mol. The molecule has 0 saturated carbocycles. The van der Waals surface area contributed by atoms with Gasteiger partial charge in [0.2, 0.25) is 0 Å². The maximum atomic E-state index is 13.6. The number of pyridine rings is 1. The summed E-state index contributed by atoms with van der Waals surface area (Å²) in [6.07, 6.45) is 4.42. The first-order chi connectivity index (χ1) is 15.5. The number of aromatic nitrogens is 4. The zero-order valence-corrected chi connectivity index (χ0v) is 18.7. The quantitative estimate of drug-likeness (QED) is 0.479. The molecule has 6 nitrogen and oxygen atoms in total. The molecule has 32 heavy (non-hydrogen) atoms. The summed E-state index contributed by atoms with van der Waals surface area (Å²) in [4.78, 5) is 24.9. The lowest BCUT2D eigenvalue weighted by Crippen LogP contribution is -2.32. The van der Waals surface area contributed by atoms with Gasteiger partial charge in [-0.05, 0) is 69.4 Å². The number of nitrogens with zero attached hydrogens (tertiary/aromatic N) is 5. The zero-order valence-electron chi connectivity index (χ0n) is 18.7. The summed E-state index contributed by atoms with van der Waals surface area (Å²) in [7, 11) is 0. The van der Waals surface area contributed by atoms with Crippen LogP contribution in [0.4, 0.5) is 0 Å². The number of hydrogen-bond acceptors (Lipinski definition) is 4. The van der Waals surface area contributed by atoms with E-state index in [2.05, 4.69) is 53.4 Å². The van der Waals surface area contributed by atoms with Crippen LogP contribution >= 0.6 is 0 Å². The average molecular weight is 426 g/mol. The van der Waals surface area contributed by atoms with Crippen molar-refractivity contribution in [1.29, 1.82) is 0 Å². The second-order valence-corrected chi connectivity index (χ2v) is 8.75. The van der Waals surface area contributed by atoms with Crippen molar-refractivity contribution in [2.45, 2.75) is 46.1 Å². The average Bonchev–Trinajstić information content (AvgIpc) is 3.42. The Labute approximate surface area is 187 Å². The van der Waals surface area contributed by atoms with Gasteiger partial charge in [0.1, 0.15) is 5.69 Å². The molecule has 1 aliphatic rings. The molecule has 0 aliphatic carbocycles. The molecule has 4 aromatic rings. The lowest BCUT2D eigenvalue weighted by molar-refractivity contribution is 0.0723. The zero-order chi connectivity index (χ0) is 22.2. The number of rotatable bonds is 4. The van der Waals surface area contributed by atoms with Gasteiger partial charge >= 0.3 is 0 Å². The van der Waals surface area contributed by atoms with Crippen molar-refractivity contribution in [2.24, 2.45) is 0 Å². The topological polar surface area (TPSA) is 63.4 Å². The summed E-state index contributed by atoms with van der Waals surface area (Å²) in [6, 6.07) is 16.5. The van der Waals surface area contributed by atoms with Gasteiger partial charge in [-0.3, -0.25) is 9.78 Å². The van der Waals surface area contributed by atoms with Crippen LogP contribution in [0, 0.1) is 20.8 Å². The molecule has 1 atom stereocenters. The number of amides is 1. The number of benzene rings is 1. The van der Waals surface area contributed by atoms with E-state index in [1.165, 1.54) is 16.7 Å². The van der Waals surface area contributed by atoms with Crippen LogP contribution in [0.3, 0.4) is 0 Å². The molecule has 1 aliphatic heterocycles. The Morgan fingerprint density at radius 1 is 1.00 bits per heavy atom. The first-order valence-electron chi connectivity index (χ1n) is 11.1.